The Morgan fingerprint density at radius 2 is 1.56 bits per heavy atom. The van der Waals surface area contributed by atoms with Crippen LogP contribution in [0.2, 0.25) is 0 Å². The third-order valence-electron chi connectivity index (χ3n) is 5.51. The quantitative estimate of drug-likeness (QED) is 0.454. The number of ether oxygens (including phenoxy) is 2. The van der Waals surface area contributed by atoms with Crippen molar-refractivity contribution < 1.29 is 19.4 Å². The number of rotatable bonds is 6. The van der Waals surface area contributed by atoms with E-state index >= 15 is 0 Å². The standard InChI is InChI=1S/C27H25NO4/c1-18(27-24(29)16-20(17-25(27)30)19-8-4-3-5-9-19)28-23-10-6-7-11-26(23)32-22-14-12-21(31-2)13-15-22/h3-15,20,29H,16-17H2,1-2H3. The van der Waals surface area contributed by atoms with Crippen molar-refractivity contribution in [2.24, 2.45) is 4.99 Å². The van der Waals surface area contributed by atoms with Crippen molar-refractivity contribution in [1.29, 1.82) is 0 Å². The monoisotopic (exact) mass is 427 g/mol. The third kappa shape index (κ3) is 4.72. The minimum absolute atomic E-state index is 0.0223. The molecule has 0 fully saturated rings. The van der Waals surface area contributed by atoms with Gasteiger partial charge in [-0.2, -0.15) is 0 Å². The molecule has 3 aromatic rings. The van der Waals surface area contributed by atoms with Crippen LogP contribution in [0.5, 0.6) is 17.2 Å². The number of aliphatic hydroxyl groups excluding tert-OH is 1. The summed E-state index contributed by atoms with van der Waals surface area (Å²) in [6, 6.07) is 24.4. The van der Waals surface area contributed by atoms with Crippen LogP contribution in [0, 0.1) is 0 Å². The molecule has 0 heterocycles. The fourth-order valence-electron chi connectivity index (χ4n) is 3.91. The molecule has 5 nitrogen and oxygen atoms in total. The van der Waals surface area contributed by atoms with Gasteiger partial charge in [-0.05, 0) is 54.8 Å². The highest BCUT2D eigenvalue weighted by molar-refractivity contribution is 6.23. The predicted molar refractivity (Wildman–Crippen MR) is 125 cm³/mol. The minimum atomic E-state index is -0.0996. The number of carbonyl (C=O) groups is 1. The van der Waals surface area contributed by atoms with Gasteiger partial charge >= 0.3 is 0 Å². The first kappa shape index (κ1) is 21.4. The van der Waals surface area contributed by atoms with Gasteiger partial charge in [-0.15, -0.1) is 0 Å². The predicted octanol–water partition coefficient (Wildman–Crippen LogP) is 6.54. The molecule has 1 aliphatic carbocycles. The number of para-hydroxylation sites is 2. The molecule has 0 spiro atoms. The van der Waals surface area contributed by atoms with E-state index < -0.39 is 0 Å². The molecule has 162 valence electrons. The van der Waals surface area contributed by atoms with Crippen molar-refractivity contribution in [2.45, 2.75) is 25.7 Å². The molecule has 5 heteroatoms. The lowest BCUT2D eigenvalue weighted by molar-refractivity contribution is -0.116. The van der Waals surface area contributed by atoms with E-state index in [1.165, 1.54) is 0 Å². The first-order chi connectivity index (χ1) is 15.5. The average molecular weight is 428 g/mol. The summed E-state index contributed by atoms with van der Waals surface area (Å²) in [6.07, 6.45) is 0.766. The smallest absolute Gasteiger partial charge is 0.168 e. The van der Waals surface area contributed by atoms with Crippen LogP contribution in [0.25, 0.3) is 0 Å². The van der Waals surface area contributed by atoms with Crippen molar-refractivity contribution in [2.75, 3.05) is 7.11 Å². The molecule has 4 rings (SSSR count). The average Bonchev–Trinajstić information content (AvgIpc) is 2.81. The zero-order valence-electron chi connectivity index (χ0n) is 18.1. The van der Waals surface area contributed by atoms with Crippen molar-refractivity contribution in [1.82, 2.24) is 0 Å². The number of methoxy groups -OCH3 is 1. The topological polar surface area (TPSA) is 68.1 Å². The summed E-state index contributed by atoms with van der Waals surface area (Å²) in [7, 11) is 1.61. The van der Waals surface area contributed by atoms with Gasteiger partial charge in [-0.1, -0.05) is 42.5 Å². The van der Waals surface area contributed by atoms with E-state index in [1.807, 2.05) is 78.9 Å². The molecule has 0 saturated carbocycles. The second-order valence-corrected chi connectivity index (χ2v) is 7.70. The minimum Gasteiger partial charge on any atom is -0.511 e. The molecule has 0 radical (unpaired) electrons. The summed E-state index contributed by atoms with van der Waals surface area (Å²) in [5, 5.41) is 10.7. The first-order valence-corrected chi connectivity index (χ1v) is 10.5. The molecule has 1 atom stereocenters. The maximum absolute atomic E-state index is 12.9. The van der Waals surface area contributed by atoms with Gasteiger partial charge in [0.05, 0.1) is 18.4 Å². The van der Waals surface area contributed by atoms with Crippen LogP contribution in [-0.4, -0.2) is 23.7 Å². The third-order valence-corrected chi connectivity index (χ3v) is 5.51. The summed E-state index contributed by atoms with van der Waals surface area (Å²) in [5.41, 5.74) is 2.42. The van der Waals surface area contributed by atoms with Crippen molar-refractivity contribution in [3.63, 3.8) is 0 Å². The maximum atomic E-state index is 12.9. The van der Waals surface area contributed by atoms with E-state index in [1.54, 1.807) is 14.0 Å². The normalized spacial score (nSPS) is 16.8. The lowest BCUT2D eigenvalue weighted by atomic mass is 9.81. The number of Topliss-reactive ketones (excluding diaryl/α,β-unsaturated/α-hetero) is 1. The largest absolute Gasteiger partial charge is 0.511 e. The van der Waals surface area contributed by atoms with Gasteiger partial charge in [0, 0.05) is 12.8 Å². The van der Waals surface area contributed by atoms with E-state index in [9.17, 15) is 9.90 Å². The molecular formula is C27H25NO4. The molecule has 0 aromatic heterocycles. The van der Waals surface area contributed by atoms with Crippen LogP contribution in [0.3, 0.4) is 0 Å². The number of ketones is 1. The summed E-state index contributed by atoms with van der Waals surface area (Å²) >= 11 is 0. The summed E-state index contributed by atoms with van der Waals surface area (Å²) in [5.74, 6) is 1.91. The Morgan fingerprint density at radius 1 is 0.906 bits per heavy atom. The summed E-state index contributed by atoms with van der Waals surface area (Å²) < 4.78 is 11.2. The van der Waals surface area contributed by atoms with Gasteiger partial charge in [0.15, 0.2) is 11.5 Å². The lowest BCUT2D eigenvalue weighted by Gasteiger charge is -2.23. The van der Waals surface area contributed by atoms with Gasteiger partial charge < -0.3 is 14.6 Å². The number of carbonyl (C=O) groups excluding carboxylic acids is 1. The number of allylic oxidation sites excluding steroid dienone is 2. The van der Waals surface area contributed by atoms with E-state index in [0.29, 0.717) is 41.3 Å². The number of aliphatic imine (C=N–C) groups is 1. The Labute approximate surface area is 187 Å². The molecular weight excluding hydrogens is 402 g/mol. The fourth-order valence-corrected chi connectivity index (χ4v) is 3.91. The van der Waals surface area contributed by atoms with Crippen molar-refractivity contribution >= 4 is 17.2 Å². The molecule has 1 N–H and O–H groups in total. The Morgan fingerprint density at radius 3 is 2.25 bits per heavy atom. The maximum Gasteiger partial charge on any atom is 0.168 e. The highest BCUT2D eigenvalue weighted by atomic mass is 16.5. The first-order valence-electron chi connectivity index (χ1n) is 10.5. The number of aliphatic hydroxyl groups is 1. The fraction of sp³-hybridized carbons (Fsp3) is 0.185. The Balaban J connectivity index is 1.59. The van der Waals surface area contributed by atoms with Crippen LogP contribution in [-0.2, 0) is 4.79 Å². The van der Waals surface area contributed by atoms with Gasteiger partial charge in [-0.3, -0.25) is 4.79 Å². The summed E-state index contributed by atoms with van der Waals surface area (Å²) in [4.78, 5) is 17.6. The number of benzene rings is 3. The zero-order valence-corrected chi connectivity index (χ0v) is 18.1. The SMILES string of the molecule is COc1ccc(Oc2ccccc2N=C(C)C2=C(O)CC(c3ccccc3)CC2=O)cc1. The Kier molecular flexibility index (Phi) is 6.36. The molecule has 1 unspecified atom stereocenters. The van der Waals surface area contributed by atoms with Crippen molar-refractivity contribution in [3.05, 3.63) is 95.8 Å². The van der Waals surface area contributed by atoms with Crippen LogP contribution < -0.4 is 9.47 Å². The number of hydrogen-bond acceptors (Lipinski definition) is 5. The van der Waals surface area contributed by atoms with Crippen molar-refractivity contribution in [3.8, 4) is 17.2 Å². The summed E-state index contributed by atoms with van der Waals surface area (Å²) in [6.45, 7) is 1.75. The Bertz CT molecular complexity index is 1160. The van der Waals surface area contributed by atoms with Gasteiger partial charge in [0.2, 0.25) is 0 Å². The molecule has 0 amide bonds. The van der Waals surface area contributed by atoms with Crippen LogP contribution >= 0.6 is 0 Å². The van der Waals surface area contributed by atoms with Gasteiger partial charge in [0.25, 0.3) is 0 Å². The Hall–Kier alpha value is -3.86. The second kappa shape index (κ2) is 9.52. The van der Waals surface area contributed by atoms with Gasteiger partial charge in [-0.25, -0.2) is 4.99 Å². The molecule has 32 heavy (non-hydrogen) atoms. The number of hydrogen-bond donors (Lipinski definition) is 1. The highest BCUT2D eigenvalue weighted by Crippen LogP contribution is 2.36. The van der Waals surface area contributed by atoms with Gasteiger partial charge in [0.1, 0.15) is 22.9 Å². The van der Waals surface area contributed by atoms with Crippen LogP contribution in [0.15, 0.2) is 95.2 Å². The van der Waals surface area contributed by atoms with Crippen LogP contribution in [0.1, 0.15) is 31.2 Å². The van der Waals surface area contributed by atoms with E-state index in [-0.39, 0.29) is 17.5 Å². The van der Waals surface area contributed by atoms with E-state index in [2.05, 4.69) is 4.99 Å². The molecule has 0 bridgehead atoms. The molecule has 0 aliphatic heterocycles. The molecule has 1 aliphatic rings. The second-order valence-electron chi connectivity index (χ2n) is 7.70. The molecule has 3 aromatic carbocycles. The van der Waals surface area contributed by atoms with E-state index in [4.69, 9.17) is 9.47 Å². The molecule has 0 saturated heterocycles. The number of nitrogens with zero attached hydrogens (tertiary/aromatic N) is 1. The van der Waals surface area contributed by atoms with Crippen LogP contribution in [0.4, 0.5) is 5.69 Å². The highest BCUT2D eigenvalue weighted by Gasteiger charge is 2.30. The van der Waals surface area contributed by atoms with E-state index in [0.717, 1.165) is 11.3 Å². The zero-order chi connectivity index (χ0) is 22.5. The lowest BCUT2D eigenvalue weighted by Crippen LogP contribution is -2.22.